The Morgan fingerprint density at radius 2 is 1.51 bits per heavy atom. The maximum absolute atomic E-state index is 12.3. The van der Waals surface area contributed by atoms with Crippen molar-refractivity contribution in [3.05, 3.63) is 42.0 Å². The summed E-state index contributed by atoms with van der Waals surface area (Å²) in [6.45, 7) is 7.20. The van der Waals surface area contributed by atoms with Crippen LogP contribution in [0.15, 0.2) is 36.4 Å². The van der Waals surface area contributed by atoms with Crippen molar-refractivity contribution in [1.82, 2.24) is 10.2 Å². The first kappa shape index (κ1) is 30.7. The minimum absolute atomic E-state index is 0.164. The van der Waals surface area contributed by atoms with E-state index in [1.54, 1.807) is 7.11 Å². The average molecular weight is 535 g/mol. The van der Waals surface area contributed by atoms with Gasteiger partial charge in [-0.3, -0.25) is 18.8 Å². The molecule has 1 heterocycles. The number of ether oxygens (including phenoxy) is 2. The fourth-order valence-electron chi connectivity index (χ4n) is 3.11. The Labute approximate surface area is 206 Å². The molecule has 0 saturated carbocycles. The highest BCUT2D eigenvalue weighted by atomic mass is 32.2. The number of methoxy groups -OCH3 is 1. The van der Waals surface area contributed by atoms with Gasteiger partial charge in [0.05, 0.1) is 25.5 Å². The lowest BCUT2D eigenvalue weighted by molar-refractivity contribution is -0.145. The zero-order valence-corrected chi connectivity index (χ0v) is 21.9. The van der Waals surface area contributed by atoms with Gasteiger partial charge in [0.15, 0.2) is 0 Å². The van der Waals surface area contributed by atoms with Gasteiger partial charge >= 0.3 is 5.97 Å². The van der Waals surface area contributed by atoms with E-state index in [-0.39, 0.29) is 11.9 Å². The van der Waals surface area contributed by atoms with Crippen molar-refractivity contribution < 1.29 is 40.2 Å². The van der Waals surface area contributed by atoms with Crippen LogP contribution in [0.25, 0.3) is 10.8 Å². The number of fused-ring (bicyclic) bond motifs is 1. The molecule has 3 rings (SSSR count). The molecule has 1 saturated heterocycles. The number of piperazine rings is 1. The summed E-state index contributed by atoms with van der Waals surface area (Å²) >= 11 is 0. The van der Waals surface area contributed by atoms with Crippen LogP contribution in [0.1, 0.15) is 18.4 Å². The number of nitrogens with zero attached hydrogens (tertiary/aromatic N) is 1. The Hall–Kier alpha value is -2.29. The number of carbonyl (C=O) groups excluding carboxylic acids is 1. The average Bonchev–Trinajstić information content (AvgIpc) is 2.76. The van der Waals surface area contributed by atoms with Crippen molar-refractivity contribution in [2.24, 2.45) is 0 Å². The molecule has 3 N–H and O–H groups in total. The van der Waals surface area contributed by atoms with Crippen molar-refractivity contribution in [3.8, 4) is 5.75 Å². The molecular formula is C22H34N2O9S2. The number of esters is 1. The summed E-state index contributed by atoms with van der Waals surface area (Å²) in [5, 5.41) is 5.51. The molecule has 1 aliphatic heterocycles. The lowest BCUT2D eigenvalue weighted by atomic mass is 9.98. The van der Waals surface area contributed by atoms with Crippen LogP contribution in [0, 0.1) is 0 Å². The van der Waals surface area contributed by atoms with Crippen LogP contribution < -0.4 is 10.1 Å². The van der Waals surface area contributed by atoms with Gasteiger partial charge in [-0.15, -0.1) is 0 Å². The summed E-state index contributed by atoms with van der Waals surface area (Å²) in [6.07, 6.45) is 1.43. The summed E-state index contributed by atoms with van der Waals surface area (Å²) in [5.74, 6) is 0.401. The molecular weight excluding hydrogens is 500 g/mol. The third kappa shape index (κ3) is 14.7. The second kappa shape index (κ2) is 14.3. The predicted octanol–water partition coefficient (Wildman–Crippen LogP) is 1.41. The van der Waals surface area contributed by atoms with Gasteiger partial charge < -0.3 is 14.8 Å². The van der Waals surface area contributed by atoms with E-state index in [9.17, 15) is 21.6 Å². The molecule has 0 aromatic heterocycles. The molecule has 1 unspecified atom stereocenters. The van der Waals surface area contributed by atoms with E-state index >= 15 is 0 Å². The minimum Gasteiger partial charge on any atom is -0.497 e. The van der Waals surface area contributed by atoms with E-state index in [1.807, 2.05) is 37.3 Å². The van der Waals surface area contributed by atoms with Crippen LogP contribution in [-0.2, 0) is 29.8 Å². The third-order valence-corrected chi connectivity index (χ3v) is 4.79. The topological polar surface area (TPSA) is 160 Å². The second-order valence-electron chi connectivity index (χ2n) is 7.92. The lowest BCUT2D eigenvalue weighted by Crippen LogP contribution is -2.44. The van der Waals surface area contributed by atoms with Crippen LogP contribution in [0.3, 0.4) is 0 Å². The van der Waals surface area contributed by atoms with Crippen LogP contribution in [0.5, 0.6) is 5.75 Å². The minimum atomic E-state index is -3.67. The van der Waals surface area contributed by atoms with Crippen molar-refractivity contribution in [3.63, 3.8) is 0 Å². The van der Waals surface area contributed by atoms with E-state index in [2.05, 4.69) is 16.3 Å². The molecule has 35 heavy (non-hydrogen) atoms. The zero-order valence-electron chi connectivity index (χ0n) is 20.3. The normalized spacial score (nSPS) is 15.1. The number of benzene rings is 2. The number of nitrogens with one attached hydrogen (secondary N) is 1. The molecule has 0 spiro atoms. The highest BCUT2D eigenvalue weighted by Gasteiger charge is 2.18. The quantitative estimate of drug-likeness (QED) is 0.363. The van der Waals surface area contributed by atoms with Gasteiger partial charge in [-0.1, -0.05) is 24.3 Å². The first-order valence-corrected chi connectivity index (χ1v) is 14.4. The number of hydrogen-bond donors (Lipinski definition) is 3. The predicted molar refractivity (Wildman–Crippen MR) is 134 cm³/mol. The van der Waals surface area contributed by atoms with Crippen molar-refractivity contribution in [1.29, 1.82) is 0 Å². The molecule has 0 radical (unpaired) electrons. The van der Waals surface area contributed by atoms with Crippen molar-refractivity contribution in [2.75, 3.05) is 59.0 Å². The highest BCUT2D eigenvalue weighted by Crippen LogP contribution is 2.25. The summed E-state index contributed by atoms with van der Waals surface area (Å²) in [7, 11) is -5.67. The maximum atomic E-state index is 12.3. The Bertz CT molecular complexity index is 1120. The lowest BCUT2D eigenvalue weighted by Gasteiger charge is -2.26. The second-order valence-corrected chi connectivity index (χ2v) is 10.9. The fourth-order valence-corrected chi connectivity index (χ4v) is 3.11. The van der Waals surface area contributed by atoms with E-state index < -0.39 is 20.2 Å². The largest absolute Gasteiger partial charge is 0.497 e. The zero-order chi connectivity index (χ0) is 26.6. The van der Waals surface area contributed by atoms with Gasteiger partial charge in [-0.05, 0) is 35.4 Å². The van der Waals surface area contributed by atoms with Gasteiger partial charge in [0.2, 0.25) is 0 Å². The van der Waals surface area contributed by atoms with E-state index in [4.69, 9.17) is 18.6 Å². The molecule has 198 valence electrons. The highest BCUT2D eigenvalue weighted by molar-refractivity contribution is 7.85. The Morgan fingerprint density at radius 3 is 2.06 bits per heavy atom. The third-order valence-electron chi connectivity index (χ3n) is 4.79. The summed E-state index contributed by atoms with van der Waals surface area (Å²) in [5.41, 5.74) is 0.977. The standard InChI is InChI=1S/C20H26N2O3.2CH4O3S/c1-15(20(23)25-12-11-22-9-7-21-8-10-22)16-3-4-18-14-19(24-2)6-5-17(18)13-16;2*1-5(2,3)4/h3-6,13-15,21H,7-12H2,1-2H3;2*1H3,(H,2,3,4). The van der Waals surface area contributed by atoms with E-state index in [1.165, 1.54) is 0 Å². The van der Waals surface area contributed by atoms with Crippen LogP contribution >= 0.6 is 0 Å². The van der Waals surface area contributed by atoms with Gasteiger partial charge in [0.1, 0.15) is 12.4 Å². The molecule has 1 fully saturated rings. The van der Waals surface area contributed by atoms with Crippen LogP contribution in [0.4, 0.5) is 0 Å². The first-order valence-electron chi connectivity index (χ1n) is 10.7. The maximum Gasteiger partial charge on any atom is 0.313 e. The molecule has 1 aliphatic rings. The molecule has 0 aliphatic carbocycles. The first-order chi connectivity index (χ1) is 16.2. The molecule has 0 bridgehead atoms. The van der Waals surface area contributed by atoms with Crippen molar-refractivity contribution in [2.45, 2.75) is 12.8 Å². The number of hydrogen-bond acceptors (Lipinski definition) is 9. The van der Waals surface area contributed by atoms with Gasteiger partial charge in [0, 0.05) is 32.7 Å². The van der Waals surface area contributed by atoms with Crippen LogP contribution in [0.2, 0.25) is 0 Å². The SMILES string of the molecule is COc1ccc2cc(C(C)C(=O)OCCN3CCNCC3)ccc2c1.CS(=O)(=O)O.CS(=O)(=O)O. The Kier molecular flexibility index (Phi) is 12.6. The molecule has 13 heteroatoms. The smallest absolute Gasteiger partial charge is 0.313 e. The van der Waals surface area contributed by atoms with E-state index in [0.29, 0.717) is 19.1 Å². The van der Waals surface area contributed by atoms with E-state index in [0.717, 1.165) is 54.8 Å². The number of rotatable bonds is 6. The summed E-state index contributed by atoms with van der Waals surface area (Å²) in [6, 6.07) is 12.0. The Morgan fingerprint density at radius 1 is 1.00 bits per heavy atom. The van der Waals surface area contributed by atoms with Crippen LogP contribution in [-0.4, -0.2) is 95.8 Å². The van der Waals surface area contributed by atoms with Gasteiger partial charge in [-0.25, -0.2) is 0 Å². The van der Waals surface area contributed by atoms with Gasteiger partial charge in [0.25, 0.3) is 20.2 Å². The summed E-state index contributed by atoms with van der Waals surface area (Å²) in [4.78, 5) is 14.7. The van der Waals surface area contributed by atoms with Gasteiger partial charge in [-0.2, -0.15) is 16.8 Å². The Balaban J connectivity index is 0.000000519. The monoisotopic (exact) mass is 534 g/mol. The van der Waals surface area contributed by atoms with Crippen molar-refractivity contribution >= 4 is 37.0 Å². The molecule has 1 atom stereocenters. The number of carbonyl (C=O) groups is 1. The molecule has 0 amide bonds. The fraction of sp³-hybridized carbons (Fsp3) is 0.500. The summed E-state index contributed by atoms with van der Waals surface area (Å²) < 4.78 is 62.5. The molecule has 2 aromatic carbocycles. The molecule has 11 nitrogen and oxygen atoms in total. The molecule has 2 aromatic rings.